The standard InChI is InChI=1S/C13H15F2N3O2/c1-8-2-3-9(11(15)10(8)14)12(19)16-4-6-18-7-5-17-13(18)20/h2-3H,4-7H2,1H3,(H,16,19)(H,17,20). The Labute approximate surface area is 114 Å². The van der Waals surface area contributed by atoms with Crippen molar-refractivity contribution in [3.05, 3.63) is 34.9 Å². The lowest BCUT2D eigenvalue weighted by atomic mass is 10.1. The third kappa shape index (κ3) is 2.87. The van der Waals surface area contributed by atoms with E-state index in [0.29, 0.717) is 19.6 Å². The quantitative estimate of drug-likeness (QED) is 0.867. The number of aryl methyl sites for hydroxylation is 1. The Kier molecular flexibility index (Phi) is 4.16. The van der Waals surface area contributed by atoms with E-state index in [2.05, 4.69) is 10.6 Å². The van der Waals surface area contributed by atoms with E-state index in [1.54, 1.807) is 0 Å². The largest absolute Gasteiger partial charge is 0.350 e. The molecule has 20 heavy (non-hydrogen) atoms. The maximum absolute atomic E-state index is 13.6. The van der Waals surface area contributed by atoms with Crippen LogP contribution in [0.1, 0.15) is 15.9 Å². The predicted octanol–water partition coefficient (Wildman–Crippen LogP) is 1.03. The Balaban J connectivity index is 1.92. The lowest BCUT2D eigenvalue weighted by molar-refractivity contribution is 0.0945. The number of halogens is 2. The van der Waals surface area contributed by atoms with Crippen LogP contribution < -0.4 is 10.6 Å². The van der Waals surface area contributed by atoms with Gasteiger partial charge >= 0.3 is 6.03 Å². The van der Waals surface area contributed by atoms with Gasteiger partial charge in [-0.15, -0.1) is 0 Å². The summed E-state index contributed by atoms with van der Waals surface area (Å²) in [6.07, 6.45) is 0. The summed E-state index contributed by atoms with van der Waals surface area (Å²) in [7, 11) is 0. The predicted molar refractivity (Wildman–Crippen MR) is 68.4 cm³/mol. The second kappa shape index (κ2) is 5.85. The highest BCUT2D eigenvalue weighted by Crippen LogP contribution is 2.15. The first-order valence-electron chi connectivity index (χ1n) is 6.26. The van der Waals surface area contributed by atoms with Crippen molar-refractivity contribution in [2.45, 2.75) is 6.92 Å². The van der Waals surface area contributed by atoms with Crippen molar-refractivity contribution in [2.24, 2.45) is 0 Å². The maximum atomic E-state index is 13.6. The van der Waals surface area contributed by atoms with E-state index in [1.807, 2.05) is 0 Å². The Morgan fingerprint density at radius 3 is 2.80 bits per heavy atom. The van der Waals surface area contributed by atoms with Crippen molar-refractivity contribution in [1.29, 1.82) is 0 Å². The van der Waals surface area contributed by atoms with Crippen molar-refractivity contribution in [3.63, 3.8) is 0 Å². The molecular weight excluding hydrogens is 268 g/mol. The maximum Gasteiger partial charge on any atom is 0.317 e. The van der Waals surface area contributed by atoms with Crippen LogP contribution in [-0.2, 0) is 0 Å². The van der Waals surface area contributed by atoms with Gasteiger partial charge in [0.05, 0.1) is 5.56 Å². The molecule has 108 valence electrons. The zero-order valence-electron chi connectivity index (χ0n) is 11.0. The molecule has 0 bridgehead atoms. The first kappa shape index (κ1) is 14.2. The second-order valence-corrected chi connectivity index (χ2v) is 4.53. The fraction of sp³-hybridized carbons (Fsp3) is 0.385. The summed E-state index contributed by atoms with van der Waals surface area (Å²) in [5, 5.41) is 5.09. The van der Waals surface area contributed by atoms with E-state index in [9.17, 15) is 18.4 Å². The fourth-order valence-corrected chi connectivity index (χ4v) is 1.95. The summed E-state index contributed by atoms with van der Waals surface area (Å²) in [4.78, 5) is 24.5. The van der Waals surface area contributed by atoms with E-state index >= 15 is 0 Å². The molecule has 3 amide bonds. The molecule has 0 radical (unpaired) electrons. The summed E-state index contributed by atoms with van der Waals surface area (Å²) in [5.41, 5.74) is -0.188. The van der Waals surface area contributed by atoms with Gasteiger partial charge in [0.1, 0.15) is 0 Å². The number of amides is 3. The normalized spacial score (nSPS) is 14.3. The Hall–Kier alpha value is -2.18. The van der Waals surface area contributed by atoms with E-state index in [4.69, 9.17) is 0 Å². The van der Waals surface area contributed by atoms with Crippen LogP contribution in [0.2, 0.25) is 0 Å². The molecule has 1 aliphatic rings. The van der Waals surface area contributed by atoms with Gasteiger partial charge in [-0.3, -0.25) is 4.79 Å². The minimum absolute atomic E-state index is 0.146. The zero-order chi connectivity index (χ0) is 14.7. The van der Waals surface area contributed by atoms with Crippen LogP contribution in [0.3, 0.4) is 0 Å². The van der Waals surface area contributed by atoms with Gasteiger partial charge in [-0.2, -0.15) is 0 Å². The van der Waals surface area contributed by atoms with Crippen molar-refractivity contribution in [2.75, 3.05) is 26.2 Å². The molecule has 1 fully saturated rings. The summed E-state index contributed by atoms with van der Waals surface area (Å²) in [5.74, 6) is -2.86. The topological polar surface area (TPSA) is 61.4 Å². The smallest absolute Gasteiger partial charge is 0.317 e. The zero-order valence-corrected chi connectivity index (χ0v) is 11.0. The number of carbonyl (C=O) groups excluding carboxylic acids is 2. The van der Waals surface area contributed by atoms with Gasteiger partial charge in [-0.05, 0) is 18.6 Å². The third-order valence-corrected chi connectivity index (χ3v) is 3.13. The Morgan fingerprint density at radius 2 is 2.15 bits per heavy atom. The van der Waals surface area contributed by atoms with E-state index in [0.717, 1.165) is 0 Å². The van der Waals surface area contributed by atoms with Crippen molar-refractivity contribution < 1.29 is 18.4 Å². The second-order valence-electron chi connectivity index (χ2n) is 4.53. The molecule has 1 saturated heterocycles. The molecule has 0 aliphatic carbocycles. The molecule has 0 aromatic heterocycles. The Morgan fingerprint density at radius 1 is 1.40 bits per heavy atom. The van der Waals surface area contributed by atoms with Crippen LogP contribution in [0.5, 0.6) is 0 Å². The molecule has 2 rings (SSSR count). The van der Waals surface area contributed by atoms with Crippen molar-refractivity contribution in [1.82, 2.24) is 15.5 Å². The van der Waals surface area contributed by atoms with E-state index in [1.165, 1.54) is 24.0 Å². The highest BCUT2D eigenvalue weighted by atomic mass is 19.2. The van der Waals surface area contributed by atoms with Crippen molar-refractivity contribution in [3.8, 4) is 0 Å². The third-order valence-electron chi connectivity index (χ3n) is 3.13. The Bertz CT molecular complexity index is 549. The lowest BCUT2D eigenvalue weighted by Gasteiger charge is -2.14. The van der Waals surface area contributed by atoms with Gasteiger partial charge in [0.25, 0.3) is 5.91 Å². The molecule has 1 aliphatic heterocycles. The number of nitrogens with zero attached hydrogens (tertiary/aromatic N) is 1. The molecule has 0 atom stereocenters. The van der Waals surface area contributed by atoms with Gasteiger partial charge in [-0.25, -0.2) is 13.6 Å². The SMILES string of the molecule is Cc1ccc(C(=O)NCCN2CCNC2=O)c(F)c1F. The van der Waals surface area contributed by atoms with Crippen LogP contribution in [-0.4, -0.2) is 43.0 Å². The highest BCUT2D eigenvalue weighted by Gasteiger charge is 2.20. The summed E-state index contributed by atoms with van der Waals surface area (Å²) >= 11 is 0. The van der Waals surface area contributed by atoms with Crippen LogP contribution in [0.4, 0.5) is 13.6 Å². The summed E-state index contributed by atoms with van der Waals surface area (Å²) in [6, 6.07) is 2.40. The van der Waals surface area contributed by atoms with Gasteiger partial charge in [0.2, 0.25) is 0 Å². The lowest BCUT2D eigenvalue weighted by Crippen LogP contribution is -2.37. The number of nitrogens with one attached hydrogen (secondary N) is 2. The average molecular weight is 283 g/mol. The van der Waals surface area contributed by atoms with Crippen LogP contribution in [0.25, 0.3) is 0 Å². The molecule has 1 aromatic carbocycles. The van der Waals surface area contributed by atoms with Crippen molar-refractivity contribution >= 4 is 11.9 Å². The average Bonchev–Trinajstić information content (AvgIpc) is 2.82. The first-order valence-corrected chi connectivity index (χ1v) is 6.26. The number of hydrogen-bond acceptors (Lipinski definition) is 2. The number of hydrogen-bond donors (Lipinski definition) is 2. The molecule has 2 N–H and O–H groups in total. The first-order chi connectivity index (χ1) is 9.50. The molecule has 0 saturated carbocycles. The molecule has 0 unspecified atom stereocenters. The number of rotatable bonds is 4. The molecule has 1 aromatic rings. The van der Waals surface area contributed by atoms with Gasteiger partial charge in [0, 0.05) is 26.2 Å². The van der Waals surface area contributed by atoms with Crippen LogP contribution >= 0.6 is 0 Å². The molecular formula is C13H15F2N3O2. The number of urea groups is 1. The van der Waals surface area contributed by atoms with Gasteiger partial charge in [-0.1, -0.05) is 6.07 Å². The van der Waals surface area contributed by atoms with Crippen LogP contribution in [0.15, 0.2) is 12.1 Å². The molecule has 1 heterocycles. The minimum atomic E-state index is -1.15. The van der Waals surface area contributed by atoms with Crippen LogP contribution in [0, 0.1) is 18.6 Å². The van der Waals surface area contributed by atoms with E-state index in [-0.39, 0.29) is 23.7 Å². The fourth-order valence-electron chi connectivity index (χ4n) is 1.95. The van der Waals surface area contributed by atoms with Gasteiger partial charge in [0.15, 0.2) is 11.6 Å². The summed E-state index contributed by atoms with van der Waals surface area (Å²) < 4.78 is 26.9. The number of carbonyl (C=O) groups is 2. The molecule has 0 spiro atoms. The highest BCUT2D eigenvalue weighted by molar-refractivity contribution is 5.94. The van der Waals surface area contributed by atoms with E-state index < -0.39 is 17.5 Å². The minimum Gasteiger partial charge on any atom is -0.350 e. The summed E-state index contributed by atoms with van der Waals surface area (Å²) in [6.45, 7) is 3.08. The monoisotopic (exact) mass is 283 g/mol. The number of benzene rings is 1. The molecule has 7 heteroatoms. The van der Waals surface area contributed by atoms with Gasteiger partial charge < -0.3 is 15.5 Å². The molecule has 5 nitrogen and oxygen atoms in total.